The van der Waals surface area contributed by atoms with E-state index < -0.39 is 0 Å². The first-order chi connectivity index (χ1) is 14.2. The maximum absolute atomic E-state index is 12.4. The number of benzene rings is 2. The number of amides is 1. The first-order valence-corrected chi connectivity index (χ1v) is 12.3. The molecule has 0 N–H and O–H groups in total. The fourth-order valence-electron chi connectivity index (χ4n) is 3.12. The molecule has 1 aliphatic heterocycles. The van der Waals surface area contributed by atoms with Gasteiger partial charge in [0.25, 0.3) is 0 Å². The smallest absolute Gasteiger partial charge is 0.230 e. The molecular weight excluding hydrogens is 418 g/mol. The summed E-state index contributed by atoms with van der Waals surface area (Å²) in [4.78, 5) is 23.6. The fourth-order valence-corrected chi connectivity index (χ4v) is 6.06. The van der Waals surface area contributed by atoms with E-state index in [9.17, 15) is 4.79 Å². The van der Waals surface area contributed by atoms with E-state index >= 15 is 0 Å². The molecule has 0 bridgehead atoms. The number of nitrogens with zero attached hydrogens (tertiary/aromatic N) is 3. The summed E-state index contributed by atoms with van der Waals surface area (Å²) in [6, 6.07) is 16.3. The summed E-state index contributed by atoms with van der Waals surface area (Å²) in [5, 5.41) is 2.76. The molecule has 0 unspecified atom stereocenters. The van der Waals surface area contributed by atoms with Gasteiger partial charge in [-0.3, -0.25) is 9.69 Å². The molecule has 0 radical (unpaired) electrons. The van der Waals surface area contributed by atoms with Crippen molar-refractivity contribution in [2.24, 2.45) is 4.99 Å². The monoisotopic (exact) mass is 439 g/mol. The van der Waals surface area contributed by atoms with Gasteiger partial charge in [-0.05, 0) is 29.7 Å². The number of hydrogen-bond acceptors (Lipinski definition) is 6. The van der Waals surface area contributed by atoms with Gasteiger partial charge in [-0.15, -0.1) is 11.3 Å². The number of thiazole rings is 1. The highest BCUT2D eigenvalue weighted by Gasteiger charge is 2.20. The van der Waals surface area contributed by atoms with Crippen molar-refractivity contribution in [3.05, 3.63) is 70.7 Å². The van der Waals surface area contributed by atoms with Crippen molar-refractivity contribution < 1.29 is 4.79 Å². The lowest BCUT2D eigenvalue weighted by atomic mass is 10.1. The number of para-hydroxylation sites is 2. The maximum Gasteiger partial charge on any atom is 0.230 e. The summed E-state index contributed by atoms with van der Waals surface area (Å²) in [5.74, 6) is 1.67. The number of thioether (sulfide) groups is 2. The number of rotatable bonds is 5. The SMILES string of the molecule is CCc1ccccc1N(C(C)=O)c1nc(CSC2=Nc3ccccc3CS2)cs1. The molecular formula is C22H21N3OS3. The lowest BCUT2D eigenvalue weighted by Gasteiger charge is -2.21. The van der Waals surface area contributed by atoms with E-state index in [-0.39, 0.29) is 5.91 Å². The number of anilines is 2. The highest BCUT2D eigenvalue weighted by molar-refractivity contribution is 8.38. The zero-order valence-electron chi connectivity index (χ0n) is 16.3. The Hall–Kier alpha value is -2.09. The molecule has 0 spiro atoms. The number of aliphatic imine (C=N–C) groups is 1. The van der Waals surface area contributed by atoms with Gasteiger partial charge in [0.1, 0.15) is 4.38 Å². The summed E-state index contributed by atoms with van der Waals surface area (Å²) in [6.07, 6.45) is 0.868. The van der Waals surface area contributed by atoms with Crippen molar-refractivity contribution >= 4 is 61.6 Å². The highest BCUT2D eigenvalue weighted by atomic mass is 32.2. The molecule has 1 aromatic heterocycles. The molecule has 4 nitrogen and oxygen atoms in total. The third kappa shape index (κ3) is 4.57. The molecule has 0 atom stereocenters. The van der Waals surface area contributed by atoms with Gasteiger partial charge in [-0.2, -0.15) is 0 Å². The standard InChI is InChI=1S/C22H21N3OS3/c1-3-16-8-5-7-11-20(16)25(15(2)26)21-23-18(13-27-21)14-29-22-24-19-10-6-4-9-17(19)12-28-22/h4-11,13H,3,12,14H2,1-2H3. The predicted molar refractivity (Wildman–Crippen MR) is 127 cm³/mol. The van der Waals surface area contributed by atoms with Crippen molar-refractivity contribution in [2.75, 3.05) is 4.90 Å². The molecule has 2 heterocycles. The molecule has 29 heavy (non-hydrogen) atoms. The van der Waals surface area contributed by atoms with Crippen LogP contribution in [0.2, 0.25) is 0 Å². The molecule has 0 aliphatic carbocycles. The Balaban J connectivity index is 1.50. The number of fused-ring (bicyclic) bond motifs is 1. The van der Waals surface area contributed by atoms with Crippen LogP contribution in [0.1, 0.15) is 30.7 Å². The van der Waals surface area contributed by atoms with Gasteiger partial charge in [0, 0.05) is 23.8 Å². The van der Waals surface area contributed by atoms with Crippen LogP contribution in [0.25, 0.3) is 0 Å². The van der Waals surface area contributed by atoms with Gasteiger partial charge in [-0.25, -0.2) is 9.98 Å². The molecule has 2 aromatic carbocycles. The second kappa shape index (κ2) is 9.15. The first kappa shape index (κ1) is 20.2. The Morgan fingerprint density at radius 1 is 1.17 bits per heavy atom. The van der Waals surface area contributed by atoms with Crippen molar-refractivity contribution in [3.63, 3.8) is 0 Å². The minimum absolute atomic E-state index is 0.0247. The third-order valence-corrected chi connectivity index (χ3v) is 7.71. The van der Waals surface area contributed by atoms with Crippen LogP contribution in [-0.2, 0) is 22.7 Å². The van der Waals surface area contributed by atoms with Gasteiger partial charge in [-0.1, -0.05) is 66.8 Å². The van der Waals surface area contributed by atoms with Crippen LogP contribution in [0.4, 0.5) is 16.5 Å². The molecule has 1 aliphatic rings. The van der Waals surface area contributed by atoms with Gasteiger partial charge in [0.2, 0.25) is 5.91 Å². The minimum Gasteiger partial charge on any atom is -0.274 e. The lowest BCUT2D eigenvalue weighted by molar-refractivity contribution is -0.115. The summed E-state index contributed by atoms with van der Waals surface area (Å²) < 4.78 is 1.07. The third-order valence-electron chi connectivity index (χ3n) is 4.56. The van der Waals surface area contributed by atoms with Crippen LogP contribution < -0.4 is 4.90 Å². The van der Waals surface area contributed by atoms with Crippen molar-refractivity contribution in [3.8, 4) is 0 Å². The quantitative estimate of drug-likeness (QED) is 0.452. The Labute approximate surface area is 183 Å². The molecule has 0 saturated carbocycles. The zero-order chi connectivity index (χ0) is 20.2. The van der Waals surface area contributed by atoms with E-state index in [4.69, 9.17) is 9.98 Å². The normalized spacial score (nSPS) is 13.0. The molecule has 148 valence electrons. The van der Waals surface area contributed by atoms with E-state index in [0.29, 0.717) is 0 Å². The van der Waals surface area contributed by atoms with Crippen molar-refractivity contribution in [2.45, 2.75) is 31.8 Å². The molecule has 0 saturated heterocycles. The topological polar surface area (TPSA) is 45.6 Å². The van der Waals surface area contributed by atoms with Crippen LogP contribution in [0.3, 0.4) is 0 Å². The van der Waals surface area contributed by atoms with E-state index in [1.165, 1.54) is 16.9 Å². The highest BCUT2D eigenvalue weighted by Crippen LogP contribution is 2.37. The molecule has 3 aromatic rings. The first-order valence-electron chi connectivity index (χ1n) is 9.41. The molecule has 1 amide bonds. The Bertz CT molecular complexity index is 1060. The van der Waals surface area contributed by atoms with Gasteiger partial charge < -0.3 is 0 Å². The van der Waals surface area contributed by atoms with E-state index in [1.807, 2.05) is 29.6 Å². The largest absolute Gasteiger partial charge is 0.274 e. The Morgan fingerprint density at radius 2 is 1.97 bits per heavy atom. The summed E-state index contributed by atoms with van der Waals surface area (Å²) >= 11 is 4.98. The number of aryl methyl sites for hydroxylation is 1. The van der Waals surface area contributed by atoms with E-state index in [1.54, 1.807) is 35.3 Å². The number of aromatic nitrogens is 1. The average Bonchev–Trinajstić information content (AvgIpc) is 3.21. The molecule has 4 rings (SSSR count). The number of carbonyl (C=O) groups is 1. The second-order valence-corrected chi connectivity index (χ2v) is 9.56. The Kier molecular flexibility index (Phi) is 6.37. The van der Waals surface area contributed by atoms with Crippen LogP contribution in [0.5, 0.6) is 0 Å². The van der Waals surface area contributed by atoms with Gasteiger partial charge >= 0.3 is 0 Å². The number of hydrogen-bond donors (Lipinski definition) is 0. The second-order valence-electron chi connectivity index (χ2n) is 6.54. The molecule has 7 heteroatoms. The van der Waals surface area contributed by atoms with Crippen molar-refractivity contribution in [1.29, 1.82) is 0 Å². The van der Waals surface area contributed by atoms with Crippen LogP contribution in [0, 0.1) is 0 Å². The average molecular weight is 440 g/mol. The number of carbonyl (C=O) groups excluding carboxylic acids is 1. The van der Waals surface area contributed by atoms with Crippen LogP contribution >= 0.6 is 34.9 Å². The van der Waals surface area contributed by atoms with Gasteiger partial charge in [0.15, 0.2) is 5.13 Å². The summed E-state index contributed by atoms with van der Waals surface area (Å²) in [7, 11) is 0. The Morgan fingerprint density at radius 3 is 2.79 bits per heavy atom. The van der Waals surface area contributed by atoms with Crippen molar-refractivity contribution in [1.82, 2.24) is 4.98 Å². The summed E-state index contributed by atoms with van der Waals surface area (Å²) in [6.45, 7) is 3.69. The maximum atomic E-state index is 12.4. The molecule has 0 fully saturated rings. The zero-order valence-corrected chi connectivity index (χ0v) is 18.7. The van der Waals surface area contributed by atoms with Crippen LogP contribution in [-0.4, -0.2) is 15.3 Å². The van der Waals surface area contributed by atoms with Crippen LogP contribution in [0.15, 0.2) is 58.9 Å². The van der Waals surface area contributed by atoms with E-state index in [0.717, 1.165) is 50.1 Å². The summed E-state index contributed by atoms with van der Waals surface area (Å²) in [5.41, 5.74) is 5.37. The fraction of sp³-hybridized carbons (Fsp3) is 0.227. The predicted octanol–water partition coefficient (Wildman–Crippen LogP) is 6.56. The lowest BCUT2D eigenvalue weighted by Crippen LogP contribution is -2.23. The van der Waals surface area contributed by atoms with Gasteiger partial charge in [0.05, 0.1) is 17.1 Å². The minimum atomic E-state index is -0.0247. The van der Waals surface area contributed by atoms with E-state index in [2.05, 4.69) is 31.2 Å².